The normalized spacial score (nSPS) is 25.7. The molecule has 3 rings (SSSR count). The monoisotopic (exact) mass is 1500 g/mol. The second kappa shape index (κ2) is 67.3. The molecular weight excluding hydrogens is 1330 g/mol. The van der Waals surface area contributed by atoms with Gasteiger partial charge in [-0.25, -0.2) is 0 Å². The van der Waals surface area contributed by atoms with Gasteiger partial charge in [-0.05, 0) is 12.8 Å². The third kappa shape index (κ3) is 46.5. The van der Waals surface area contributed by atoms with Gasteiger partial charge >= 0.3 is 0 Å². The van der Waals surface area contributed by atoms with Gasteiger partial charge in [-0.15, -0.1) is 0 Å². The Morgan fingerprint density at radius 1 is 0.305 bits per heavy atom. The van der Waals surface area contributed by atoms with E-state index in [0.717, 1.165) is 44.9 Å². The van der Waals surface area contributed by atoms with Gasteiger partial charge < -0.3 is 89.9 Å². The van der Waals surface area contributed by atoms with Gasteiger partial charge in [-0.3, -0.25) is 4.79 Å². The van der Waals surface area contributed by atoms with Gasteiger partial charge in [0.25, 0.3) is 0 Å². The van der Waals surface area contributed by atoms with Gasteiger partial charge in [-0.2, -0.15) is 0 Å². The van der Waals surface area contributed by atoms with Crippen LogP contribution in [-0.4, -0.2) is 193 Å². The van der Waals surface area contributed by atoms with E-state index >= 15 is 0 Å². The zero-order chi connectivity index (χ0) is 76.0. The van der Waals surface area contributed by atoms with Crippen molar-refractivity contribution in [3.05, 3.63) is 0 Å². The lowest BCUT2D eigenvalue weighted by molar-refractivity contribution is -0.379. The number of aliphatic hydroxyl groups is 11. The average Bonchev–Trinajstić information content (AvgIpc) is 0.781. The van der Waals surface area contributed by atoms with Crippen molar-refractivity contribution in [1.29, 1.82) is 0 Å². The van der Waals surface area contributed by atoms with Gasteiger partial charge in [-0.1, -0.05) is 393 Å². The van der Waals surface area contributed by atoms with Crippen LogP contribution in [-0.2, 0) is 33.2 Å². The van der Waals surface area contributed by atoms with Gasteiger partial charge in [0.05, 0.1) is 38.6 Å². The van der Waals surface area contributed by atoms with Crippen molar-refractivity contribution in [3.8, 4) is 0 Å². The van der Waals surface area contributed by atoms with Crippen LogP contribution >= 0.6 is 0 Å². The highest BCUT2D eigenvalue weighted by Gasteiger charge is 2.54. The quantitative estimate of drug-likeness (QED) is 0.0252. The molecule has 0 aromatic heterocycles. The number of hydrogen-bond acceptors (Lipinski definition) is 18. The van der Waals surface area contributed by atoms with E-state index in [1.807, 2.05) is 0 Å². The summed E-state index contributed by atoms with van der Waals surface area (Å²) in [5.41, 5.74) is 0. The summed E-state index contributed by atoms with van der Waals surface area (Å²) >= 11 is 0. The molecule has 3 aliphatic rings. The Labute approximate surface area is 640 Å². The fourth-order valence-corrected chi connectivity index (χ4v) is 15.8. The summed E-state index contributed by atoms with van der Waals surface area (Å²) in [6.45, 7) is 1.89. The fraction of sp³-hybridized carbons (Fsp3) is 0.988. The van der Waals surface area contributed by atoms with E-state index in [-0.39, 0.29) is 18.9 Å². The number of aliphatic hydroxyl groups excluding tert-OH is 11. The molecule has 3 saturated heterocycles. The molecule has 19 heteroatoms. The highest BCUT2D eigenvalue weighted by atomic mass is 16.8. The van der Waals surface area contributed by atoms with Crippen molar-refractivity contribution in [1.82, 2.24) is 5.32 Å². The Kier molecular flexibility index (Phi) is 62.8. The number of amides is 1. The Morgan fingerprint density at radius 3 is 0.829 bits per heavy atom. The molecule has 1 amide bonds. The van der Waals surface area contributed by atoms with E-state index in [1.54, 1.807) is 0 Å². The lowest BCUT2D eigenvalue weighted by atomic mass is 9.96. The van der Waals surface area contributed by atoms with E-state index in [1.165, 1.54) is 334 Å². The van der Waals surface area contributed by atoms with Crippen molar-refractivity contribution in [2.24, 2.45) is 0 Å². The summed E-state index contributed by atoms with van der Waals surface area (Å²) in [6, 6.07) is -0.884. The molecule has 0 aromatic carbocycles. The Hall–Kier alpha value is -1.21. The number of carbonyl (C=O) groups is 1. The largest absolute Gasteiger partial charge is 0.394 e. The van der Waals surface area contributed by atoms with Crippen molar-refractivity contribution in [2.75, 3.05) is 26.4 Å². The number of ether oxygens (including phenoxy) is 6. The fourth-order valence-electron chi connectivity index (χ4n) is 15.8. The molecule has 19 nitrogen and oxygen atoms in total. The van der Waals surface area contributed by atoms with Crippen molar-refractivity contribution < 1.29 is 89.4 Å². The zero-order valence-electron chi connectivity index (χ0n) is 67.3. The Morgan fingerprint density at radius 2 is 0.543 bits per heavy atom. The van der Waals surface area contributed by atoms with E-state index < -0.39 is 124 Å². The minimum absolute atomic E-state index is 0.231. The molecule has 0 radical (unpaired) electrons. The van der Waals surface area contributed by atoms with Crippen LogP contribution in [0.15, 0.2) is 0 Å². The standard InChI is InChI=1S/C86H167NO18/c1-3-5-7-9-11-13-15-17-19-21-23-25-27-29-31-32-33-34-35-36-37-38-40-42-44-46-48-50-52-54-56-58-60-62-64-74(92)87-69(70(91)63-61-59-57-55-53-51-49-47-45-43-41-39-30-28-26-24-22-20-18-16-14-12-10-8-6-4-2)68-100-84-80(98)77(95)82(72(66-89)102-84)105-86-81(99)78(96)83(73(67-90)103-86)104-85-79(97)76(94)75(93)71(65-88)101-85/h69-73,75-86,88-91,93-99H,3-68H2,1-2H3,(H,87,92). The minimum atomic E-state index is -1.97. The predicted molar refractivity (Wildman–Crippen MR) is 421 cm³/mol. The minimum Gasteiger partial charge on any atom is -0.394 e. The number of unbranched alkanes of at least 4 members (excludes halogenated alkanes) is 58. The Bertz CT molecular complexity index is 1890. The highest BCUT2D eigenvalue weighted by Crippen LogP contribution is 2.34. The number of carbonyl (C=O) groups excluding carboxylic acids is 1. The summed E-state index contributed by atoms with van der Waals surface area (Å²) in [5, 5.41) is 121. The average molecular weight is 1500 g/mol. The molecule has 17 unspecified atom stereocenters. The van der Waals surface area contributed by atoms with Crippen LogP contribution in [0.1, 0.15) is 412 Å². The lowest BCUT2D eigenvalue weighted by Gasteiger charge is -2.48. The zero-order valence-corrected chi connectivity index (χ0v) is 67.3. The number of hydrogen-bond donors (Lipinski definition) is 12. The number of nitrogens with one attached hydrogen (secondary N) is 1. The lowest BCUT2D eigenvalue weighted by Crippen LogP contribution is -2.66. The highest BCUT2D eigenvalue weighted by molar-refractivity contribution is 5.76. The molecule has 3 heterocycles. The molecule has 0 spiro atoms. The predicted octanol–water partition coefficient (Wildman–Crippen LogP) is 16.5. The van der Waals surface area contributed by atoms with Gasteiger partial charge in [0.1, 0.15) is 73.2 Å². The molecule has 17 atom stereocenters. The van der Waals surface area contributed by atoms with Crippen LogP contribution in [0.4, 0.5) is 0 Å². The second-order valence-corrected chi connectivity index (χ2v) is 32.4. The van der Waals surface area contributed by atoms with E-state index in [0.29, 0.717) is 12.8 Å². The van der Waals surface area contributed by atoms with Crippen LogP contribution < -0.4 is 5.32 Å². The van der Waals surface area contributed by atoms with E-state index in [9.17, 15) is 61.0 Å². The Balaban J connectivity index is 1.31. The van der Waals surface area contributed by atoms with E-state index in [4.69, 9.17) is 28.4 Å². The van der Waals surface area contributed by atoms with Gasteiger partial charge in [0, 0.05) is 6.42 Å². The molecule has 0 saturated carbocycles. The van der Waals surface area contributed by atoms with Crippen molar-refractivity contribution in [2.45, 2.75) is 516 Å². The number of rotatable bonds is 74. The topological polar surface area (TPSA) is 307 Å². The van der Waals surface area contributed by atoms with Crippen LogP contribution in [0.5, 0.6) is 0 Å². The SMILES string of the molecule is CCCCCCCCCCCCCCCCCCCCCCCCCCCCCCCCCCCCC(=O)NC(COC1OC(CO)C(OC2OC(CO)C(OC3OC(CO)C(O)C(O)C3O)C(O)C2O)C(O)C1O)C(O)CCCCCCCCCCCCCCCCCCCCCCCCCCCC. The van der Waals surface area contributed by atoms with Crippen LogP contribution in [0.25, 0.3) is 0 Å². The maximum absolute atomic E-state index is 13.5. The first kappa shape index (κ1) is 98.0. The first-order valence-electron chi connectivity index (χ1n) is 44.8. The summed E-state index contributed by atoms with van der Waals surface area (Å²) in [6.07, 6.45) is 53.6. The molecule has 12 N–H and O–H groups in total. The molecule has 3 aliphatic heterocycles. The van der Waals surface area contributed by atoms with Crippen LogP contribution in [0, 0.1) is 0 Å². The molecule has 0 aliphatic carbocycles. The maximum Gasteiger partial charge on any atom is 0.220 e. The third-order valence-electron chi connectivity index (χ3n) is 22.9. The summed E-state index contributed by atoms with van der Waals surface area (Å²) in [7, 11) is 0. The molecule has 624 valence electrons. The van der Waals surface area contributed by atoms with E-state index in [2.05, 4.69) is 19.2 Å². The smallest absolute Gasteiger partial charge is 0.220 e. The van der Waals surface area contributed by atoms with Crippen molar-refractivity contribution in [3.63, 3.8) is 0 Å². The molecule has 0 bridgehead atoms. The summed E-state index contributed by atoms with van der Waals surface area (Å²) in [4.78, 5) is 13.5. The first-order chi connectivity index (χ1) is 51.3. The summed E-state index contributed by atoms with van der Waals surface area (Å²) in [5.74, 6) is -0.231. The van der Waals surface area contributed by atoms with Crippen LogP contribution in [0.3, 0.4) is 0 Å². The third-order valence-corrected chi connectivity index (χ3v) is 22.9. The van der Waals surface area contributed by atoms with Crippen LogP contribution in [0.2, 0.25) is 0 Å². The maximum atomic E-state index is 13.5. The van der Waals surface area contributed by atoms with Gasteiger partial charge in [0.2, 0.25) is 5.91 Å². The molecule has 0 aromatic rings. The summed E-state index contributed by atoms with van der Waals surface area (Å²) < 4.78 is 34.6. The van der Waals surface area contributed by atoms with Crippen molar-refractivity contribution >= 4 is 5.91 Å². The molecule has 3 fully saturated rings. The molecular formula is C86H167NO18. The van der Waals surface area contributed by atoms with Gasteiger partial charge in [0.15, 0.2) is 18.9 Å². The second-order valence-electron chi connectivity index (χ2n) is 32.4. The molecule has 105 heavy (non-hydrogen) atoms. The first-order valence-corrected chi connectivity index (χ1v) is 44.8.